The van der Waals surface area contributed by atoms with Crippen LogP contribution < -0.4 is 4.74 Å². The van der Waals surface area contributed by atoms with E-state index >= 15 is 0 Å². The van der Waals surface area contributed by atoms with Crippen molar-refractivity contribution in [3.05, 3.63) is 64.1 Å². The molecule has 0 amide bonds. The van der Waals surface area contributed by atoms with Gasteiger partial charge in [-0.25, -0.2) is 9.78 Å². The second kappa shape index (κ2) is 6.45. The van der Waals surface area contributed by atoms with Crippen molar-refractivity contribution in [2.45, 2.75) is 6.61 Å². The molecule has 0 aliphatic rings. The van der Waals surface area contributed by atoms with E-state index in [0.29, 0.717) is 33.6 Å². The summed E-state index contributed by atoms with van der Waals surface area (Å²) in [5.41, 5.74) is 2.20. The number of ether oxygens (including phenoxy) is 2. The summed E-state index contributed by atoms with van der Waals surface area (Å²) < 4.78 is 10.5. The zero-order valence-corrected chi connectivity index (χ0v) is 14.2. The molecule has 2 N–H and O–H groups in total. The molecule has 0 fully saturated rings. The number of nitrogens with zero attached hydrogens (tertiary/aromatic N) is 2. The Bertz CT molecular complexity index is 1180. The summed E-state index contributed by atoms with van der Waals surface area (Å²) in [5.74, 6) is 0.521. The first-order valence-electron chi connectivity index (χ1n) is 8.00. The third-order valence-corrected chi connectivity index (χ3v) is 4.17. The Hall–Kier alpha value is -3.88. The number of hydrogen-bond donors (Lipinski definition) is 2. The fourth-order valence-corrected chi connectivity index (χ4v) is 2.84. The molecule has 0 radical (unpaired) electrons. The molecular weight excluding hydrogens is 352 g/mol. The molecule has 4 rings (SSSR count). The molecule has 2 heterocycles. The zero-order chi connectivity index (χ0) is 19.0. The second-order valence-electron chi connectivity index (χ2n) is 5.83. The number of H-pyrrole nitrogens is 2. The molecule has 0 atom stereocenters. The van der Waals surface area contributed by atoms with Crippen LogP contribution in [0.2, 0.25) is 0 Å². The van der Waals surface area contributed by atoms with Crippen LogP contribution in [-0.4, -0.2) is 33.0 Å². The van der Waals surface area contributed by atoms with Crippen LogP contribution in [0.3, 0.4) is 0 Å². The Kier molecular flexibility index (Phi) is 3.96. The maximum Gasteiger partial charge on any atom is 0.340 e. The summed E-state index contributed by atoms with van der Waals surface area (Å²) in [7, 11) is 1.55. The zero-order valence-electron chi connectivity index (χ0n) is 14.2. The number of non-ortho nitro benzene ring substituents is 1. The molecule has 0 unspecified atom stereocenters. The third kappa shape index (κ3) is 3.06. The van der Waals surface area contributed by atoms with Crippen LogP contribution in [-0.2, 0) is 11.3 Å². The molecule has 27 heavy (non-hydrogen) atoms. The number of esters is 1. The summed E-state index contributed by atoms with van der Waals surface area (Å²) in [6.07, 6.45) is 1.58. The quantitative estimate of drug-likeness (QED) is 0.317. The van der Waals surface area contributed by atoms with E-state index in [-0.39, 0.29) is 12.3 Å². The van der Waals surface area contributed by atoms with E-state index in [1.165, 1.54) is 12.1 Å². The molecule has 0 aliphatic heterocycles. The van der Waals surface area contributed by atoms with Crippen LogP contribution in [0.5, 0.6) is 5.75 Å². The standard InChI is InChI=1S/C18H14N4O5/c1-26-11-3-5-14-12(7-11)13(8-19-14)18(23)27-9-17-20-15-4-2-10(22(24)25)6-16(15)21-17/h2-8,19H,9H2,1H3,(H,20,21). The Labute approximate surface area is 152 Å². The Morgan fingerprint density at radius 2 is 2.07 bits per heavy atom. The third-order valence-electron chi connectivity index (χ3n) is 4.17. The molecule has 0 bridgehead atoms. The Morgan fingerprint density at radius 3 is 2.85 bits per heavy atom. The predicted octanol–water partition coefficient (Wildman–Crippen LogP) is 3.32. The van der Waals surface area contributed by atoms with E-state index in [4.69, 9.17) is 9.47 Å². The minimum atomic E-state index is -0.513. The van der Waals surface area contributed by atoms with E-state index in [2.05, 4.69) is 15.0 Å². The van der Waals surface area contributed by atoms with Crippen molar-refractivity contribution in [1.82, 2.24) is 15.0 Å². The van der Waals surface area contributed by atoms with Gasteiger partial charge in [-0.2, -0.15) is 0 Å². The number of methoxy groups -OCH3 is 1. The molecule has 9 heteroatoms. The number of hydrogen-bond acceptors (Lipinski definition) is 6. The van der Waals surface area contributed by atoms with Crippen molar-refractivity contribution in [2.24, 2.45) is 0 Å². The first-order valence-corrected chi connectivity index (χ1v) is 8.00. The lowest BCUT2D eigenvalue weighted by Gasteiger charge is -2.03. The van der Waals surface area contributed by atoms with Crippen LogP contribution in [0.1, 0.15) is 16.2 Å². The Balaban J connectivity index is 1.54. The van der Waals surface area contributed by atoms with Crippen LogP contribution in [0.15, 0.2) is 42.6 Å². The summed E-state index contributed by atoms with van der Waals surface area (Å²) in [5, 5.41) is 11.5. The molecule has 0 spiro atoms. The van der Waals surface area contributed by atoms with Crippen molar-refractivity contribution in [1.29, 1.82) is 0 Å². The normalized spacial score (nSPS) is 11.0. The first kappa shape index (κ1) is 16.6. The minimum absolute atomic E-state index is 0.0394. The monoisotopic (exact) mass is 366 g/mol. The highest BCUT2D eigenvalue weighted by molar-refractivity contribution is 6.04. The number of nitro groups is 1. The average Bonchev–Trinajstić information content (AvgIpc) is 3.28. The molecule has 2 aromatic heterocycles. The number of carbonyl (C=O) groups is 1. The van der Waals surface area contributed by atoms with Gasteiger partial charge in [0, 0.05) is 29.2 Å². The molecule has 0 saturated heterocycles. The van der Waals surface area contributed by atoms with Gasteiger partial charge in [-0.1, -0.05) is 0 Å². The molecule has 0 aliphatic carbocycles. The van der Waals surface area contributed by atoms with Crippen molar-refractivity contribution >= 4 is 33.6 Å². The lowest BCUT2D eigenvalue weighted by Crippen LogP contribution is -2.05. The van der Waals surface area contributed by atoms with Crippen molar-refractivity contribution in [2.75, 3.05) is 7.11 Å². The highest BCUT2D eigenvalue weighted by atomic mass is 16.6. The van der Waals surface area contributed by atoms with E-state index < -0.39 is 10.9 Å². The number of nitrogens with one attached hydrogen (secondary N) is 2. The van der Waals surface area contributed by atoms with Crippen molar-refractivity contribution < 1.29 is 19.2 Å². The van der Waals surface area contributed by atoms with E-state index in [0.717, 1.165) is 5.52 Å². The van der Waals surface area contributed by atoms with E-state index in [9.17, 15) is 14.9 Å². The highest BCUT2D eigenvalue weighted by Gasteiger charge is 2.16. The van der Waals surface area contributed by atoms with Gasteiger partial charge >= 0.3 is 5.97 Å². The molecular formula is C18H14N4O5. The van der Waals surface area contributed by atoms with Gasteiger partial charge in [-0.3, -0.25) is 10.1 Å². The van der Waals surface area contributed by atoms with Gasteiger partial charge in [0.25, 0.3) is 5.69 Å². The summed E-state index contributed by atoms with van der Waals surface area (Å²) in [6, 6.07) is 9.67. The van der Waals surface area contributed by atoms with Crippen LogP contribution in [0.25, 0.3) is 21.9 Å². The second-order valence-corrected chi connectivity index (χ2v) is 5.83. The Morgan fingerprint density at radius 1 is 1.22 bits per heavy atom. The number of nitro benzene ring substituents is 1. The van der Waals surface area contributed by atoms with Crippen LogP contribution in [0, 0.1) is 10.1 Å². The van der Waals surface area contributed by atoms with Gasteiger partial charge in [0.05, 0.1) is 28.6 Å². The molecule has 4 aromatic rings. The van der Waals surface area contributed by atoms with Crippen molar-refractivity contribution in [3.63, 3.8) is 0 Å². The van der Waals surface area contributed by atoms with E-state index in [1.54, 1.807) is 31.5 Å². The number of fused-ring (bicyclic) bond motifs is 2. The van der Waals surface area contributed by atoms with Gasteiger partial charge in [0.15, 0.2) is 0 Å². The number of rotatable bonds is 5. The van der Waals surface area contributed by atoms with Gasteiger partial charge in [0.2, 0.25) is 0 Å². The van der Waals surface area contributed by atoms with Crippen LogP contribution >= 0.6 is 0 Å². The lowest BCUT2D eigenvalue weighted by atomic mass is 10.1. The predicted molar refractivity (Wildman–Crippen MR) is 96.7 cm³/mol. The highest BCUT2D eigenvalue weighted by Crippen LogP contribution is 2.24. The molecule has 136 valence electrons. The molecule has 2 aromatic carbocycles. The SMILES string of the molecule is COc1ccc2[nH]cc(C(=O)OCc3nc4ccc([N+](=O)[O-])cc4[nH]3)c2c1. The lowest BCUT2D eigenvalue weighted by molar-refractivity contribution is -0.384. The van der Waals surface area contributed by atoms with Gasteiger partial charge in [-0.05, 0) is 24.3 Å². The number of imidazole rings is 1. The number of aromatic nitrogens is 3. The summed E-state index contributed by atoms with van der Waals surface area (Å²) in [6.45, 7) is -0.0854. The smallest absolute Gasteiger partial charge is 0.340 e. The van der Waals surface area contributed by atoms with Gasteiger partial charge < -0.3 is 19.4 Å². The van der Waals surface area contributed by atoms with Crippen LogP contribution in [0.4, 0.5) is 5.69 Å². The number of carbonyl (C=O) groups excluding carboxylic acids is 1. The fourth-order valence-electron chi connectivity index (χ4n) is 2.84. The fraction of sp³-hybridized carbons (Fsp3) is 0.111. The largest absolute Gasteiger partial charge is 0.497 e. The summed E-state index contributed by atoms with van der Waals surface area (Å²) in [4.78, 5) is 33.0. The average molecular weight is 366 g/mol. The number of benzene rings is 2. The summed E-state index contributed by atoms with van der Waals surface area (Å²) >= 11 is 0. The molecule has 9 nitrogen and oxygen atoms in total. The topological polar surface area (TPSA) is 123 Å². The number of aromatic amines is 2. The van der Waals surface area contributed by atoms with E-state index in [1.807, 2.05) is 6.07 Å². The van der Waals surface area contributed by atoms with Crippen molar-refractivity contribution in [3.8, 4) is 5.75 Å². The maximum absolute atomic E-state index is 12.4. The minimum Gasteiger partial charge on any atom is -0.497 e. The van der Waals surface area contributed by atoms with Gasteiger partial charge in [0.1, 0.15) is 18.2 Å². The van der Waals surface area contributed by atoms with Gasteiger partial charge in [-0.15, -0.1) is 0 Å². The maximum atomic E-state index is 12.4. The first-order chi connectivity index (χ1) is 13.0. The molecule has 0 saturated carbocycles.